The molecule has 4 heterocycles. The average molecular weight is 368 g/mol. The number of nitrogens with zero attached hydrogens (tertiary/aromatic N) is 6. The van der Waals surface area contributed by atoms with Crippen LogP contribution in [-0.2, 0) is 4.74 Å². The second-order valence-electron chi connectivity index (χ2n) is 6.05. The number of anilines is 1. The van der Waals surface area contributed by atoms with Crippen LogP contribution in [0.3, 0.4) is 0 Å². The molecule has 1 aliphatic rings. The summed E-state index contributed by atoms with van der Waals surface area (Å²) in [6, 6.07) is 5.43. The second-order valence-corrected chi connectivity index (χ2v) is 6.05. The third-order valence-corrected chi connectivity index (χ3v) is 4.33. The van der Waals surface area contributed by atoms with Crippen molar-refractivity contribution in [1.29, 1.82) is 0 Å². The molecule has 1 saturated heterocycles. The van der Waals surface area contributed by atoms with Crippen molar-refractivity contribution < 1.29 is 14.0 Å². The first-order chi connectivity index (χ1) is 13.4. The van der Waals surface area contributed by atoms with E-state index in [9.17, 15) is 0 Å². The fourth-order valence-electron chi connectivity index (χ4n) is 3.08. The van der Waals surface area contributed by atoms with Crippen molar-refractivity contribution in [3.8, 4) is 17.3 Å². The SMILES string of the molecule is COCCOc1ncccc1-c1noc(C2CCCN2c2ncccn2)n1. The molecule has 0 aromatic carbocycles. The Morgan fingerprint density at radius 2 is 2.00 bits per heavy atom. The molecule has 0 N–H and O–H groups in total. The van der Waals surface area contributed by atoms with E-state index in [4.69, 9.17) is 14.0 Å². The Hall–Kier alpha value is -3.07. The topological polar surface area (TPSA) is 99.3 Å². The number of aromatic nitrogens is 5. The fourth-order valence-corrected chi connectivity index (χ4v) is 3.08. The minimum atomic E-state index is -0.0387. The second kappa shape index (κ2) is 8.09. The lowest BCUT2D eigenvalue weighted by molar-refractivity contribution is 0.144. The minimum absolute atomic E-state index is 0.0387. The highest BCUT2D eigenvalue weighted by atomic mass is 16.5. The molecule has 0 radical (unpaired) electrons. The number of rotatable bonds is 7. The van der Waals surface area contributed by atoms with Gasteiger partial charge in [0.25, 0.3) is 0 Å². The van der Waals surface area contributed by atoms with Gasteiger partial charge in [-0.25, -0.2) is 15.0 Å². The molecule has 3 aromatic heterocycles. The van der Waals surface area contributed by atoms with Gasteiger partial charge in [-0.1, -0.05) is 5.16 Å². The van der Waals surface area contributed by atoms with Crippen molar-refractivity contribution in [3.63, 3.8) is 0 Å². The summed E-state index contributed by atoms with van der Waals surface area (Å²) >= 11 is 0. The maximum Gasteiger partial charge on any atom is 0.249 e. The number of ether oxygens (including phenoxy) is 2. The third-order valence-electron chi connectivity index (χ3n) is 4.33. The van der Waals surface area contributed by atoms with Crippen LogP contribution in [0.5, 0.6) is 5.88 Å². The first-order valence-corrected chi connectivity index (χ1v) is 8.81. The van der Waals surface area contributed by atoms with Gasteiger partial charge in [0.1, 0.15) is 12.6 Å². The van der Waals surface area contributed by atoms with Crippen LogP contribution in [-0.4, -0.2) is 52.0 Å². The summed E-state index contributed by atoms with van der Waals surface area (Å²) in [5.74, 6) is 2.12. The van der Waals surface area contributed by atoms with Crippen molar-refractivity contribution in [2.45, 2.75) is 18.9 Å². The highest BCUT2D eigenvalue weighted by Crippen LogP contribution is 2.35. The molecule has 1 aliphatic heterocycles. The largest absolute Gasteiger partial charge is 0.475 e. The van der Waals surface area contributed by atoms with E-state index >= 15 is 0 Å². The minimum Gasteiger partial charge on any atom is -0.475 e. The molecule has 1 fully saturated rings. The predicted octanol–water partition coefficient (Wildman–Crippen LogP) is 2.29. The Kier molecular flexibility index (Phi) is 5.20. The zero-order chi connectivity index (χ0) is 18.5. The van der Waals surface area contributed by atoms with E-state index in [2.05, 4.69) is 30.0 Å². The number of pyridine rings is 1. The normalized spacial score (nSPS) is 16.6. The van der Waals surface area contributed by atoms with Gasteiger partial charge in [-0.2, -0.15) is 4.98 Å². The van der Waals surface area contributed by atoms with Gasteiger partial charge in [0, 0.05) is 32.2 Å². The van der Waals surface area contributed by atoms with Crippen molar-refractivity contribution >= 4 is 5.95 Å². The Bertz CT molecular complexity index is 872. The molecule has 0 amide bonds. The van der Waals surface area contributed by atoms with Gasteiger partial charge in [-0.15, -0.1) is 0 Å². The Morgan fingerprint density at radius 3 is 2.85 bits per heavy atom. The molecule has 0 saturated carbocycles. The van der Waals surface area contributed by atoms with Crippen LogP contribution in [0.4, 0.5) is 5.95 Å². The van der Waals surface area contributed by atoms with Crippen LogP contribution in [0, 0.1) is 0 Å². The number of hydrogen-bond donors (Lipinski definition) is 0. The van der Waals surface area contributed by atoms with Crippen molar-refractivity contribution in [1.82, 2.24) is 25.1 Å². The van der Waals surface area contributed by atoms with E-state index in [1.165, 1.54) is 0 Å². The standard InChI is InChI=1S/C18H20N6O3/c1-25-11-12-26-16-13(5-2-7-19-16)15-22-17(27-23-15)14-6-3-10-24(14)18-20-8-4-9-21-18/h2,4-5,7-9,14H,3,6,10-12H2,1H3. The first kappa shape index (κ1) is 17.3. The molecule has 1 unspecified atom stereocenters. The molecule has 0 aliphatic carbocycles. The molecule has 4 rings (SSSR count). The molecule has 3 aromatic rings. The lowest BCUT2D eigenvalue weighted by Gasteiger charge is -2.21. The summed E-state index contributed by atoms with van der Waals surface area (Å²) in [5, 5.41) is 4.14. The lowest BCUT2D eigenvalue weighted by Crippen LogP contribution is -2.24. The summed E-state index contributed by atoms with van der Waals surface area (Å²) < 4.78 is 16.3. The van der Waals surface area contributed by atoms with Crippen LogP contribution < -0.4 is 9.64 Å². The monoisotopic (exact) mass is 368 g/mol. The zero-order valence-corrected chi connectivity index (χ0v) is 15.0. The van der Waals surface area contributed by atoms with Crippen LogP contribution >= 0.6 is 0 Å². The molecule has 1 atom stereocenters. The number of methoxy groups -OCH3 is 1. The van der Waals surface area contributed by atoms with Gasteiger partial charge in [0.2, 0.25) is 23.5 Å². The molecule has 27 heavy (non-hydrogen) atoms. The molecule has 9 nitrogen and oxygen atoms in total. The van der Waals surface area contributed by atoms with Gasteiger partial charge in [0.05, 0.1) is 12.2 Å². The quantitative estimate of drug-likeness (QED) is 0.581. The molecule has 9 heteroatoms. The fraction of sp³-hybridized carbons (Fsp3) is 0.389. The number of hydrogen-bond acceptors (Lipinski definition) is 9. The Balaban J connectivity index is 1.57. The van der Waals surface area contributed by atoms with E-state index in [-0.39, 0.29) is 6.04 Å². The van der Waals surface area contributed by atoms with Gasteiger partial charge >= 0.3 is 0 Å². The van der Waals surface area contributed by atoms with E-state index in [1.54, 1.807) is 31.8 Å². The van der Waals surface area contributed by atoms with Crippen molar-refractivity contribution in [2.75, 3.05) is 31.8 Å². The summed E-state index contributed by atoms with van der Waals surface area (Å²) in [7, 11) is 1.62. The maximum absolute atomic E-state index is 5.67. The van der Waals surface area contributed by atoms with Crippen LogP contribution in [0.25, 0.3) is 11.4 Å². The molecule has 0 bridgehead atoms. The van der Waals surface area contributed by atoms with Gasteiger partial charge in [-0.3, -0.25) is 0 Å². The summed E-state index contributed by atoms with van der Waals surface area (Å²) in [5.41, 5.74) is 0.684. The predicted molar refractivity (Wildman–Crippen MR) is 96.3 cm³/mol. The van der Waals surface area contributed by atoms with Crippen molar-refractivity contribution in [2.24, 2.45) is 0 Å². The Morgan fingerprint density at radius 1 is 1.15 bits per heavy atom. The van der Waals surface area contributed by atoms with E-state index in [0.717, 1.165) is 19.4 Å². The van der Waals surface area contributed by atoms with E-state index < -0.39 is 0 Å². The average Bonchev–Trinajstić information content (AvgIpc) is 3.39. The highest BCUT2D eigenvalue weighted by molar-refractivity contribution is 5.60. The van der Waals surface area contributed by atoms with Crippen LogP contribution in [0.1, 0.15) is 24.8 Å². The molecule has 0 spiro atoms. The van der Waals surface area contributed by atoms with Crippen molar-refractivity contribution in [3.05, 3.63) is 42.7 Å². The molecular formula is C18H20N6O3. The van der Waals surface area contributed by atoms with Crippen LogP contribution in [0.2, 0.25) is 0 Å². The first-order valence-electron chi connectivity index (χ1n) is 8.81. The summed E-state index contributed by atoms with van der Waals surface area (Å²) in [6.45, 7) is 1.72. The molecular weight excluding hydrogens is 348 g/mol. The Labute approximate surface area is 156 Å². The zero-order valence-electron chi connectivity index (χ0n) is 15.0. The summed E-state index contributed by atoms with van der Waals surface area (Å²) in [6.07, 6.45) is 7.05. The third kappa shape index (κ3) is 3.72. The van der Waals surface area contributed by atoms with Crippen LogP contribution in [0.15, 0.2) is 41.3 Å². The smallest absolute Gasteiger partial charge is 0.249 e. The summed E-state index contributed by atoms with van der Waals surface area (Å²) in [4.78, 5) is 19.6. The molecule has 140 valence electrons. The lowest BCUT2D eigenvalue weighted by atomic mass is 10.2. The van der Waals surface area contributed by atoms with Gasteiger partial charge in [-0.05, 0) is 31.0 Å². The van der Waals surface area contributed by atoms with Gasteiger partial charge in [0.15, 0.2) is 0 Å². The van der Waals surface area contributed by atoms with E-state index in [1.807, 2.05) is 12.1 Å². The highest BCUT2D eigenvalue weighted by Gasteiger charge is 2.32. The van der Waals surface area contributed by atoms with E-state index in [0.29, 0.717) is 42.3 Å². The maximum atomic E-state index is 5.67. The van der Waals surface area contributed by atoms with Gasteiger partial charge < -0.3 is 18.9 Å².